The Morgan fingerprint density at radius 3 is 2.43 bits per heavy atom. The van der Waals surface area contributed by atoms with Crippen molar-refractivity contribution in [2.75, 3.05) is 11.9 Å². The van der Waals surface area contributed by atoms with Crippen molar-refractivity contribution in [2.24, 2.45) is 0 Å². The number of anilines is 1. The number of aryl methyl sites for hydroxylation is 1. The molecule has 150 valence electrons. The highest BCUT2D eigenvalue weighted by molar-refractivity contribution is 6.10. The highest BCUT2D eigenvalue weighted by Crippen LogP contribution is 2.18. The molecule has 0 aliphatic rings. The van der Waals surface area contributed by atoms with Crippen molar-refractivity contribution in [2.45, 2.75) is 13.8 Å². The summed E-state index contributed by atoms with van der Waals surface area (Å²) in [5.74, 6) is 0.673. The summed E-state index contributed by atoms with van der Waals surface area (Å²) in [4.78, 5) is 30.4. The Bertz CT molecular complexity index is 1280. The average molecular weight is 400 g/mol. The van der Waals surface area contributed by atoms with Crippen molar-refractivity contribution in [1.29, 1.82) is 0 Å². The average Bonchev–Trinajstić information content (AvgIpc) is 2.75. The Morgan fingerprint density at radius 2 is 1.73 bits per heavy atom. The number of carbonyl (C=O) groups is 1. The molecule has 30 heavy (non-hydrogen) atoms. The fourth-order valence-electron chi connectivity index (χ4n) is 3.17. The maximum absolute atomic E-state index is 13.0. The maximum Gasteiger partial charge on any atom is 0.279 e. The Hall–Kier alpha value is -4.00. The number of aromatic nitrogens is 3. The number of fused-ring (bicyclic) bond motifs is 1. The minimum absolute atomic E-state index is 0.141. The molecule has 0 saturated heterocycles. The number of nitrogens with zero attached hydrogens (tertiary/aromatic N) is 3. The predicted octanol–water partition coefficient (Wildman–Crippen LogP) is 3.74. The molecule has 0 saturated carbocycles. The summed E-state index contributed by atoms with van der Waals surface area (Å²) in [6.45, 7) is 4.29. The minimum Gasteiger partial charge on any atom is -0.494 e. The van der Waals surface area contributed by atoms with E-state index >= 15 is 0 Å². The van der Waals surface area contributed by atoms with Crippen LogP contribution in [0.25, 0.3) is 16.5 Å². The Labute approximate surface area is 173 Å². The van der Waals surface area contributed by atoms with Gasteiger partial charge in [0.25, 0.3) is 11.5 Å². The summed E-state index contributed by atoms with van der Waals surface area (Å²) in [7, 11) is 0. The molecular weight excluding hydrogens is 380 g/mol. The third kappa shape index (κ3) is 3.77. The van der Waals surface area contributed by atoms with E-state index in [1.807, 2.05) is 26.0 Å². The third-order valence-corrected chi connectivity index (χ3v) is 4.54. The molecule has 0 fully saturated rings. The van der Waals surface area contributed by atoms with Gasteiger partial charge in [-0.25, -0.2) is 4.98 Å². The van der Waals surface area contributed by atoms with Crippen molar-refractivity contribution in [3.8, 4) is 11.4 Å². The Morgan fingerprint density at radius 1 is 1.00 bits per heavy atom. The van der Waals surface area contributed by atoms with Gasteiger partial charge in [0.2, 0.25) is 0 Å². The van der Waals surface area contributed by atoms with Crippen LogP contribution in [-0.4, -0.2) is 27.3 Å². The lowest BCUT2D eigenvalue weighted by Crippen LogP contribution is -2.26. The van der Waals surface area contributed by atoms with Crippen LogP contribution in [0.5, 0.6) is 5.75 Å². The first-order valence-electron chi connectivity index (χ1n) is 9.57. The van der Waals surface area contributed by atoms with E-state index in [0.29, 0.717) is 34.6 Å². The summed E-state index contributed by atoms with van der Waals surface area (Å²) in [5, 5.41) is 8.04. The van der Waals surface area contributed by atoms with Crippen LogP contribution in [0.2, 0.25) is 0 Å². The van der Waals surface area contributed by atoms with Gasteiger partial charge in [0.1, 0.15) is 11.6 Å². The zero-order valence-electron chi connectivity index (χ0n) is 16.6. The molecular formula is C23H20N4O3. The second-order valence-corrected chi connectivity index (χ2v) is 6.66. The van der Waals surface area contributed by atoms with E-state index in [9.17, 15) is 9.59 Å². The van der Waals surface area contributed by atoms with Gasteiger partial charge in [-0.05, 0) is 56.3 Å². The van der Waals surface area contributed by atoms with Crippen LogP contribution in [0.1, 0.15) is 23.1 Å². The number of hydrogen-bond acceptors (Lipinski definition) is 5. The van der Waals surface area contributed by atoms with E-state index in [4.69, 9.17) is 4.74 Å². The van der Waals surface area contributed by atoms with Crippen LogP contribution in [0.4, 0.5) is 5.82 Å². The van der Waals surface area contributed by atoms with Gasteiger partial charge in [-0.1, -0.05) is 24.3 Å². The molecule has 0 aliphatic carbocycles. The molecule has 4 rings (SSSR count). The van der Waals surface area contributed by atoms with E-state index in [2.05, 4.69) is 15.4 Å². The van der Waals surface area contributed by atoms with Gasteiger partial charge in [0, 0.05) is 11.1 Å². The monoisotopic (exact) mass is 400 g/mol. The molecule has 0 unspecified atom stereocenters. The van der Waals surface area contributed by atoms with Crippen LogP contribution in [0.3, 0.4) is 0 Å². The number of benzene rings is 2. The van der Waals surface area contributed by atoms with Crippen molar-refractivity contribution in [3.05, 3.63) is 88.5 Å². The van der Waals surface area contributed by atoms with Crippen LogP contribution in [0, 0.1) is 6.92 Å². The third-order valence-electron chi connectivity index (χ3n) is 4.54. The minimum atomic E-state index is -0.441. The standard InChI is InChI=1S/C23H20N4O3/c1-3-30-17-13-11-16(12-14-17)27-23(29)19-9-5-4-8-18(19)21(26-27)22(28)25-20-10-6-7-15(2)24-20/h4-14H,3H2,1-2H3,(H,24,25,28). The Balaban J connectivity index is 1.82. The Kier molecular flexibility index (Phi) is 5.26. The van der Waals surface area contributed by atoms with Gasteiger partial charge in [0.15, 0.2) is 5.69 Å². The van der Waals surface area contributed by atoms with Crippen LogP contribution in [0.15, 0.2) is 71.5 Å². The smallest absolute Gasteiger partial charge is 0.279 e. The zero-order valence-corrected chi connectivity index (χ0v) is 16.6. The molecule has 0 spiro atoms. The summed E-state index contributed by atoms with van der Waals surface area (Å²) >= 11 is 0. The fraction of sp³-hybridized carbons (Fsp3) is 0.130. The molecule has 2 aromatic carbocycles. The highest BCUT2D eigenvalue weighted by atomic mass is 16.5. The van der Waals surface area contributed by atoms with Crippen molar-refractivity contribution < 1.29 is 9.53 Å². The van der Waals surface area contributed by atoms with E-state index in [-0.39, 0.29) is 11.3 Å². The van der Waals surface area contributed by atoms with Gasteiger partial charge in [-0.15, -0.1) is 0 Å². The maximum atomic E-state index is 13.0. The molecule has 7 heteroatoms. The quantitative estimate of drug-likeness (QED) is 0.552. The molecule has 0 atom stereocenters. The van der Waals surface area contributed by atoms with Crippen LogP contribution >= 0.6 is 0 Å². The van der Waals surface area contributed by atoms with E-state index in [0.717, 1.165) is 5.69 Å². The summed E-state index contributed by atoms with van der Waals surface area (Å²) in [6.07, 6.45) is 0. The topological polar surface area (TPSA) is 86.1 Å². The van der Waals surface area contributed by atoms with Crippen LogP contribution < -0.4 is 15.6 Å². The molecule has 1 amide bonds. The fourth-order valence-corrected chi connectivity index (χ4v) is 3.17. The molecule has 0 aliphatic heterocycles. The number of rotatable bonds is 5. The number of pyridine rings is 1. The molecule has 2 aromatic heterocycles. The lowest BCUT2D eigenvalue weighted by atomic mass is 10.1. The lowest BCUT2D eigenvalue weighted by molar-refractivity contribution is 0.102. The van der Waals surface area contributed by atoms with Gasteiger partial charge in [-0.3, -0.25) is 9.59 Å². The predicted molar refractivity (Wildman–Crippen MR) is 115 cm³/mol. The normalized spacial score (nSPS) is 10.7. The molecule has 4 aromatic rings. The number of hydrogen-bond donors (Lipinski definition) is 1. The van der Waals surface area contributed by atoms with E-state index < -0.39 is 5.91 Å². The van der Waals surface area contributed by atoms with Gasteiger partial charge >= 0.3 is 0 Å². The molecule has 7 nitrogen and oxygen atoms in total. The lowest BCUT2D eigenvalue weighted by Gasteiger charge is -2.12. The number of amides is 1. The van der Waals surface area contributed by atoms with Crippen molar-refractivity contribution in [3.63, 3.8) is 0 Å². The second kappa shape index (κ2) is 8.16. The summed E-state index contributed by atoms with van der Waals surface area (Å²) < 4.78 is 6.69. The van der Waals surface area contributed by atoms with E-state index in [1.54, 1.807) is 54.6 Å². The first kappa shape index (κ1) is 19.3. The van der Waals surface area contributed by atoms with Gasteiger partial charge in [0.05, 0.1) is 17.7 Å². The highest BCUT2D eigenvalue weighted by Gasteiger charge is 2.18. The van der Waals surface area contributed by atoms with Crippen molar-refractivity contribution >= 4 is 22.5 Å². The first-order chi connectivity index (χ1) is 14.6. The second-order valence-electron chi connectivity index (χ2n) is 6.66. The van der Waals surface area contributed by atoms with Crippen molar-refractivity contribution in [1.82, 2.24) is 14.8 Å². The zero-order chi connectivity index (χ0) is 21.1. The van der Waals surface area contributed by atoms with Gasteiger partial charge < -0.3 is 10.1 Å². The molecule has 1 N–H and O–H groups in total. The van der Waals surface area contributed by atoms with E-state index in [1.165, 1.54) is 4.68 Å². The number of carbonyl (C=O) groups excluding carboxylic acids is 1. The number of nitrogens with one attached hydrogen (secondary N) is 1. The summed E-state index contributed by atoms with van der Waals surface area (Å²) in [5.41, 5.74) is 1.16. The molecule has 2 heterocycles. The first-order valence-corrected chi connectivity index (χ1v) is 9.57. The van der Waals surface area contributed by atoms with Gasteiger partial charge in [-0.2, -0.15) is 9.78 Å². The summed E-state index contributed by atoms with van der Waals surface area (Å²) in [6, 6.07) is 19.3. The largest absolute Gasteiger partial charge is 0.494 e. The molecule has 0 radical (unpaired) electrons. The van der Waals surface area contributed by atoms with Crippen LogP contribution in [-0.2, 0) is 0 Å². The number of ether oxygens (including phenoxy) is 1. The molecule has 0 bridgehead atoms. The SMILES string of the molecule is CCOc1ccc(-n2nc(C(=O)Nc3cccc(C)n3)c3ccccc3c2=O)cc1.